The van der Waals surface area contributed by atoms with E-state index in [4.69, 9.17) is 0 Å². The number of aliphatic hydroxyl groups is 1. The summed E-state index contributed by atoms with van der Waals surface area (Å²) in [6.45, 7) is 3.42. The molecular weight excluding hydrogens is 328 g/mol. The highest BCUT2D eigenvalue weighted by atomic mass is 32.2. The first kappa shape index (κ1) is 17.3. The second kappa shape index (κ2) is 7.60. The zero-order chi connectivity index (χ0) is 17.0. The molecule has 0 radical (unpaired) electrons. The SMILES string of the molecule is O=S(=O)(NCCCN1CCC[C@H](CO)C1)c1ccc2nc[nH]c2c1. The Morgan fingerprint density at radius 1 is 1.42 bits per heavy atom. The van der Waals surface area contributed by atoms with Gasteiger partial charge >= 0.3 is 0 Å². The van der Waals surface area contributed by atoms with Crippen LogP contribution in [0.5, 0.6) is 0 Å². The Morgan fingerprint density at radius 3 is 3.12 bits per heavy atom. The van der Waals surface area contributed by atoms with Gasteiger partial charge in [-0.25, -0.2) is 18.1 Å². The number of aromatic amines is 1. The molecule has 1 aliphatic rings. The molecule has 132 valence electrons. The number of benzene rings is 1. The van der Waals surface area contributed by atoms with Crippen LogP contribution in [0.2, 0.25) is 0 Å². The van der Waals surface area contributed by atoms with E-state index < -0.39 is 10.0 Å². The molecule has 0 amide bonds. The highest BCUT2D eigenvalue weighted by Gasteiger charge is 2.19. The van der Waals surface area contributed by atoms with Gasteiger partial charge in [-0.2, -0.15) is 0 Å². The van der Waals surface area contributed by atoms with Gasteiger partial charge in [0, 0.05) is 19.7 Å². The number of H-pyrrole nitrogens is 1. The van der Waals surface area contributed by atoms with Gasteiger partial charge in [-0.3, -0.25) is 0 Å². The maximum absolute atomic E-state index is 12.4. The smallest absolute Gasteiger partial charge is 0.240 e. The number of likely N-dealkylation sites (tertiary alicyclic amines) is 1. The van der Waals surface area contributed by atoms with Crippen molar-refractivity contribution in [3.63, 3.8) is 0 Å². The fraction of sp³-hybridized carbons (Fsp3) is 0.562. The van der Waals surface area contributed by atoms with E-state index in [9.17, 15) is 13.5 Å². The molecule has 1 atom stereocenters. The molecule has 0 spiro atoms. The number of aliphatic hydroxyl groups excluding tert-OH is 1. The van der Waals surface area contributed by atoms with Gasteiger partial charge in [0.15, 0.2) is 0 Å². The maximum Gasteiger partial charge on any atom is 0.240 e. The Morgan fingerprint density at radius 2 is 2.29 bits per heavy atom. The number of aromatic nitrogens is 2. The van der Waals surface area contributed by atoms with Crippen LogP contribution in [0.1, 0.15) is 19.3 Å². The summed E-state index contributed by atoms with van der Waals surface area (Å²) in [4.78, 5) is 9.56. The predicted molar refractivity (Wildman–Crippen MR) is 92.1 cm³/mol. The Bertz CT molecular complexity index is 774. The minimum Gasteiger partial charge on any atom is -0.396 e. The molecule has 0 saturated carbocycles. The summed E-state index contributed by atoms with van der Waals surface area (Å²) < 4.78 is 27.4. The Hall–Kier alpha value is -1.48. The van der Waals surface area contributed by atoms with Crippen LogP contribution >= 0.6 is 0 Å². The summed E-state index contributed by atoms with van der Waals surface area (Å²) in [5, 5.41) is 9.25. The highest BCUT2D eigenvalue weighted by Crippen LogP contribution is 2.17. The van der Waals surface area contributed by atoms with Crippen LogP contribution in [0.15, 0.2) is 29.4 Å². The van der Waals surface area contributed by atoms with E-state index in [2.05, 4.69) is 19.6 Å². The number of nitrogens with zero attached hydrogens (tertiary/aromatic N) is 2. The van der Waals surface area contributed by atoms with Gasteiger partial charge in [-0.1, -0.05) is 0 Å². The first-order valence-corrected chi connectivity index (χ1v) is 9.83. The molecule has 1 saturated heterocycles. The van der Waals surface area contributed by atoms with Gasteiger partial charge in [-0.05, 0) is 56.5 Å². The van der Waals surface area contributed by atoms with Gasteiger partial charge in [0.2, 0.25) is 10.0 Å². The van der Waals surface area contributed by atoms with Crippen LogP contribution < -0.4 is 4.72 Å². The third-order valence-corrected chi connectivity index (χ3v) is 5.97. The molecule has 0 bridgehead atoms. The van der Waals surface area contributed by atoms with E-state index in [0.29, 0.717) is 18.0 Å². The Balaban J connectivity index is 1.50. The summed E-state index contributed by atoms with van der Waals surface area (Å²) in [5.74, 6) is 0.358. The standard InChI is InChI=1S/C16H24N4O3S/c21-11-13-3-1-7-20(10-13)8-2-6-19-24(22,23)14-4-5-15-16(9-14)18-12-17-15/h4-5,9,12-13,19,21H,1-3,6-8,10-11H2,(H,17,18)/t13-/m0/s1. The first-order valence-electron chi connectivity index (χ1n) is 8.34. The van der Waals surface area contributed by atoms with Gasteiger partial charge in [-0.15, -0.1) is 0 Å². The number of piperidine rings is 1. The van der Waals surface area contributed by atoms with Gasteiger partial charge in [0.25, 0.3) is 0 Å². The molecule has 3 N–H and O–H groups in total. The van der Waals surface area contributed by atoms with Crippen molar-refractivity contribution in [2.24, 2.45) is 5.92 Å². The molecule has 7 nitrogen and oxygen atoms in total. The van der Waals surface area contributed by atoms with Crippen LogP contribution in [0, 0.1) is 5.92 Å². The monoisotopic (exact) mass is 352 g/mol. The lowest BCUT2D eigenvalue weighted by atomic mass is 9.99. The summed E-state index contributed by atoms with van der Waals surface area (Å²) in [7, 11) is -3.50. The average molecular weight is 352 g/mol. The van der Waals surface area contributed by atoms with Crippen LogP contribution in [0.3, 0.4) is 0 Å². The number of hydrogen-bond acceptors (Lipinski definition) is 5. The van der Waals surface area contributed by atoms with Crippen molar-refractivity contribution in [3.8, 4) is 0 Å². The third-order valence-electron chi connectivity index (χ3n) is 4.51. The summed E-state index contributed by atoms with van der Waals surface area (Å²) in [6, 6.07) is 4.87. The highest BCUT2D eigenvalue weighted by molar-refractivity contribution is 7.89. The number of sulfonamides is 1. The van der Waals surface area contributed by atoms with Crippen molar-refractivity contribution >= 4 is 21.1 Å². The van der Waals surface area contributed by atoms with Crippen molar-refractivity contribution in [3.05, 3.63) is 24.5 Å². The minimum atomic E-state index is -3.50. The van der Waals surface area contributed by atoms with Crippen molar-refractivity contribution in [1.82, 2.24) is 19.6 Å². The molecule has 1 aromatic heterocycles. The average Bonchev–Trinajstić information content (AvgIpc) is 3.06. The molecule has 2 aromatic rings. The topological polar surface area (TPSA) is 98.3 Å². The van der Waals surface area contributed by atoms with E-state index >= 15 is 0 Å². The number of imidazole rings is 1. The zero-order valence-electron chi connectivity index (χ0n) is 13.6. The quantitative estimate of drug-likeness (QED) is 0.644. The number of nitrogens with one attached hydrogen (secondary N) is 2. The van der Waals surface area contributed by atoms with E-state index in [1.807, 2.05) is 0 Å². The molecule has 24 heavy (non-hydrogen) atoms. The van der Waals surface area contributed by atoms with Crippen molar-refractivity contribution < 1.29 is 13.5 Å². The molecule has 3 rings (SSSR count). The lowest BCUT2D eigenvalue weighted by molar-refractivity contribution is 0.120. The van der Waals surface area contributed by atoms with Crippen molar-refractivity contribution in [1.29, 1.82) is 0 Å². The van der Waals surface area contributed by atoms with E-state index in [0.717, 1.165) is 44.4 Å². The normalized spacial score (nSPS) is 19.8. The second-order valence-electron chi connectivity index (χ2n) is 6.32. The van der Waals surface area contributed by atoms with Crippen LogP contribution in [-0.4, -0.2) is 61.2 Å². The lowest BCUT2D eigenvalue weighted by Crippen LogP contribution is -2.38. The predicted octanol–water partition coefficient (Wildman–Crippen LogP) is 0.936. The minimum absolute atomic E-state index is 0.235. The maximum atomic E-state index is 12.4. The summed E-state index contributed by atoms with van der Waals surface area (Å²) >= 11 is 0. The largest absolute Gasteiger partial charge is 0.396 e. The Kier molecular flexibility index (Phi) is 5.50. The van der Waals surface area contributed by atoms with Crippen molar-refractivity contribution in [2.75, 3.05) is 32.8 Å². The molecule has 0 unspecified atom stereocenters. The van der Waals surface area contributed by atoms with Gasteiger partial charge in [0.1, 0.15) is 0 Å². The van der Waals surface area contributed by atoms with Crippen LogP contribution in [0.4, 0.5) is 0 Å². The fourth-order valence-electron chi connectivity index (χ4n) is 3.18. The molecule has 1 fully saturated rings. The summed E-state index contributed by atoms with van der Waals surface area (Å²) in [5.41, 5.74) is 1.46. The van der Waals surface area contributed by atoms with Gasteiger partial charge < -0.3 is 15.0 Å². The molecule has 2 heterocycles. The molecule has 8 heteroatoms. The molecular formula is C16H24N4O3S. The van der Waals surface area contributed by atoms with Crippen molar-refractivity contribution in [2.45, 2.75) is 24.2 Å². The number of fused-ring (bicyclic) bond motifs is 1. The van der Waals surface area contributed by atoms with Crippen LogP contribution in [-0.2, 0) is 10.0 Å². The van der Waals surface area contributed by atoms with Crippen LogP contribution in [0.25, 0.3) is 11.0 Å². The second-order valence-corrected chi connectivity index (χ2v) is 8.09. The first-order chi connectivity index (χ1) is 11.6. The van der Waals surface area contributed by atoms with E-state index in [-0.39, 0.29) is 11.5 Å². The number of hydrogen-bond donors (Lipinski definition) is 3. The third kappa shape index (κ3) is 4.13. The molecule has 0 aliphatic carbocycles. The Labute approximate surface area is 142 Å². The van der Waals surface area contributed by atoms with E-state index in [1.165, 1.54) is 0 Å². The molecule has 1 aromatic carbocycles. The van der Waals surface area contributed by atoms with Gasteiger partial charge in [0.05, 0.1) is 22.3 Å². The number of rotatable bonds is 7. The zero-order valence-corrected chi connectivity index (χ0v) is 14.4. The summed E-state index contributed by atoms with van der Waals surface area (Å²) in [6.07, 6.45) is 4.48. The molecule has 1 aliphatic heterocycles. The fourth-order valence-corrected chi connectivity index (χ4v) is 4.28. The lowest BCUT2D eigenvalue weighted by Gasteiger charge is -2.31. The van der Waals surface area contributed by atoms with E-state index in [1.54, 1.807) is 24.5 Å².